The van der Waals surface area contributed by atoms with Gasteiger partial charge in [-0.3, -0.25) is 14.5 Å². The second kappa shape index (κ2) is 8.34. The second-order valence-corrected chi connectivity index (χ2v) is 7.39. The highest BCUT2D eigenvalue weighted by molar-refractivity contribution is 6.06. The van der Waals surface area contributed by atoms with Gasteiger partial charge in [-0.2, -0.15) is 0 Å². The molecule has 140 valence electrons. The molecule has 6 heteroatoms. The summed E-state index contributed by atoms with van der Waals surface area (Å²) in [5.74, 6) is -0.122. The molecule has 1 saturated carbocycles. The number of imide groups is 1. The van der Waals surface area contributed by atoms with E-state index in [1.54, 1.807) is 0 Å². The van der Waals surface area contributed by atoms with E-state index in [0.29, 0.717) is 18.8 Å². The van der Waals surface area contributed by atoms with Crippen LogP contribution >= 0.6 is 0 Å². The lowest BCUT2D eigenvalue weighted by Crippen LogP contribution is -2.47. The zero-order valence-corrected chi connectivity index (χ0v) is 15.2. The number of urea groups is 1. The fourth-order valence-corrected chi connectivity index (χ4v) is 3.80. The van der Waals surface area contributed by atoms with Gasteiger partial charge in [0.15, 0.2) is 0 Å². The molecule has 1 aromatic carbocycles. The molecule has 4 amide bonds. The van der Waals surface area contributed by atoms with Crippen molar-refractivity contribution >= 4 is 17.8 Å². The van der Waals surface area contributed by atoms with Crippen LogP contribution in [0.5, 0.6) is 0 Å². The number of benzene rings is 1. The lowest BCUT2D eigenvalue weighted by atomic mass is 9.86. The maximum absolute atomic E-state index is 12.5. The highest BCUT2D eigenvalue weighted by Gasteiger charge is 2.38. The van der Waals surface area contributed by atoms with Crippen molar-refractivity contribution < 1.29 is 14.4 Å². The Hall–Kier alpha value is -2.37. The molecule has 0 unspecified atom stereocenters. The highest BCUT2D eigenvalue weighted by Crippen LogP contribution is 2.23. The van der Waals surface area contributed by atoms with Gasteiger partial charge in [0.25, 0.3) is 5.91 Å². The molecule has 2 fully saturated rings. The Bertz CT molecular complexity index is 662. The zero-order valence-electron chi connectivity index (χ0n) is 15.2. The predicted octanol–water partition coefficient (Wildman–Crippen LogP) is 2.23. The Labute approximate surface area is 154 Å². The van der Waals surface area contributed by atoms with E-state index in [0.717, 1.165) is 29.7 Å². The van der Waals surface area contributed by atoms with Crippen LogP contribution in [0.1, 0.15) is 44.6 Å². The average molecular weight is 357 g/mol. The van der Waals surface area contributed by atoms with Gasteiger partial charge < -0.3 is 10.6 Å². The minimum absolute atomic E-state index is 0.144. The van der Waals surface area contributed by atoms with Gasteiger partial charge in [0.1, 0.15) is 12.6 Å². The summed E-state index contributed by atoms with van der Waals surface area (Å²) in [5.41, 5.74) is 1.12. The number of aryl methyl sites for hydroxylation is 1. The van der Waals surface area contributed by atoms with E-state index in [1.807, 2.05) is 30.3 Å². The molecule has 0 spiro atoms. The second-order valence-electron chi connectivity index (χ2n) is 7.39. The quantitative estimate of drug-likeness (QED) is 0.767. The number of rotatable bonds is 6. The molecule has 6 nitrogen and oxygen atoms in total. The minimum Gasteiger partial charge on any atom is -0.352 e. The fourth-order valence-electron chi connectivity index (χ4n) is 3.80. The monoisotopic (exact) mass is 357 g/mol. The maximum Gasteiger partial charge on any atom is 0.325 e. The van der Waals surface area contributed by atoms with Crippen LogP contribution in [0.4, 0.5) is 4.79 Å². The SMILES string of the molecule is C[C@H]1CCCC[C@H]1NC(=O)CN1C(=O)N[C@@H](CCc2ccccc2)C1=O. The lowest BCUT2D eigenvalue weighted by Gasteiger charge is -2.29. The topological polar surface area (TPSA) is 78.5 Å². The van der Waals surface area contributed by atoms with Gasteiger partial charge in [0.05, 0.1) is 0 Å². The molecule has 0 aromatic heterocycles. The van der Waals surface area contributed by atoms with Crippen LogP contribution in [0.25, 0.3) is 0 Å². The van der Waals surface area contributed by atoms with Crippen molar-refractivity contribution in [2.45, 2.75) is 57.5 Å². The number of nitrogens with one attached hydrogen (secondary N) is 2. The minimum atomic E-state index is -0.552. The van der Waals surface area contributed by atoms with Gasteiger partial charge in [-0.05, 0) is 37.2 Å². The summed E-state index contributed by atoms with van der Waals surface area (Å²) in [5, 5.41) is 5.70. The summed E-state index contributed by atoms with van der Waals surface area (Å²) in [6.07, 6.45) is 5.62. The van der Waals surface area contributed by atoms with Gasteiger partial charge in [0.2, 0.25) is 5.91 Å². The summed E-state index contributed by atoms with van der Waals surface area (Å²) >= 11 is 0. The first-order valence-electron chi connectivity index (χ1n) is 9.50. The number of amides is 4. The Morgan fingerprint density at radius 1 is 1.19 bits per heavy atom. The Morgan fingerprint density at radius 2 is 1.92 bits per heavy atom. The van der Waals surface area contributed by atoms with Crippen molar-refractivity contribution in [3.05, 3.63) is 35.9 Å². The van der Waals surface area contributed by atoms with E-state index in [1.165, 1.54) is 6.42 Å². The normalized spacial score (nSPS) is 25.9. The molecule has 2 N–H and O–H groups in total. The molecule has 2 aliphatic rings. The zero-order chi connectivity index (χ0) is 18.5. The van der Waals surface area contributed by atoms with Crippen molar-refractivity contribution in [2.75, 3.05) is 6.54 Å². The average Bonchev–Trinajstić information content (AvgIpc) is 2.90. The van der Waals surface area contributed by atoms with Gasteiger partial charge >= 0.3 is 6.03 Å². The first-order valence-corrected chi connectivity index (χ1v) is 9.50. The smallest absolute Gasteiger partial charge is 0.325 e. The summed E-state index contributed by atoms with van der Waals surface area (Å²) in [4.78, 5) is 37.9. The number of hydrogen-bond donors (Lipinski definition) is 2. The maximum atomic E-state index is 12.5. The third-order valence-corrected chi connectivity index (χ3v) is 5.43. The van der Waals surface area contributed by atoms with Crippen LogP contribution in [-0.4, -0.2) is 41.4 Å². The molecule has 1 aliphatic heterocycles. The summed E-state index contributed by atoms with van der Waals surface area (Å²) in [7, 11) is 0. The molecule has 1 aliphatic carbocycles. The predicted molar refractivity (Wildman–Crippen MR) is 98.4 cm³/mol. The number of carbonyl (C=O) groups is 3. The van der Waals surface area contributed by atoms with E-state index >= 15 is 0 Å². The van der Waals surface area contributed by atoms with Crippen molar-refractivity contribution in [2.24, 2.45) is 5.92 Å². The molecule has 0 bridgehead atoms. The summed E-state index contributed by atoms with van der Waals surface area (Å²) in [6.45, 7) is 1.94. The van der Waals surface area contributed by atoms with Crippen molar-refractivity contribution in [1.82, 2.24) is 15.5 Å². The van der Waals surface area contributed by atoms with Crippen molar-refractivity contribution in [3.8, 4) is 0 Å². The van der Waals surface area contributed by atoms with Crippen LogP contribution < -0.4 is 10.6 Å². The molecular formula is C20H27N3O3. The molecular weight excluding hydrogens is 330 g/mol. The Morgan fingerprint density at radius 3 is 2.65 bits per heavy atom. The van der Waals surface area contributed by atoms with Gasteiger partial charge in [-0.1, -0.05) is 50.1 Å². The third kappa shape index (κ3) is 4.42. The summed E-state index contributed by atoms with van der Waals surface area (Å²) < 4.78 is 0. The van der Waals surface area contributed by atoms with Crippen LogP contribution in [0.2, 0.25) is 0 Å². The van der Waals surface area contributed by atoms with Crippen molar-refractivity contribution in [3.63, 3.8) is 0 Å². The Balaban J connectivity index is 1.51. The molecule has 0 radical (unpaired) electrons. The first kappa shape index (κ1) is 18.4. The standard InChI is InChI=1S/C20H27N3O3/c1-14-7-5-6-10-16(14)21-18(24)13-23-19(25)17(22-20(23)26)12-11-15-8-3-2-4-9-15/h2-4,8-9,14,16-17H,5-7,10-13H2,1H3,(H,21,24)(H,22,26)/t14-,16+,17-/m0/s1. The van der Waals surface area contributed by atoms with E-state index in [2.05, 4.69) is 17.6 Å². The van der Waals surface area contributed by atoms with Gasteiger partial charge in [0, 0.05) is 6.04 Å². The van der Waals surface area contributed by atoms with E-state index < -0.39 is 12.1 Å². The van der Waals surface area contributed by atoms with Crippen LogP contribution in [0.15, 0.2) is 30.3 Å². The van der Waals surface area contributed by atoms with Crippen molar-refractivity contribution in [1.29, 1.82) is 0 Å². The first-order chi connectivity index (χ1) is 12.5. The van der Waals surface area contributed by atoms with Crippen LogP contribution in [-0.2, 0) is 16.0 Å². The largest absolute Gasteiger partial charge is 0.352 e. The van der Waals surface area contributed by atoms with Crippen LogP contribution in [0.3, 0.4) is 0 Å². The molecule has 3 atom stereocenters. The molecule has 3 rings (SSSR count). The van der Waals surface area contributed by atoms with E-state index in [9.17, 15) is 14.4 Å². The van der Waals surface area contributed by atoms with E-state index in [4.69, 9.17) is 0 Å². The molecule has 1 heterocycles. The molecule has 1 aromatic rings. The number of carbonyl (C=O) groups excluding carboxylic acids is 3. The molecule has 26 heavy (non-hydrogen) atoms. The number of nitrogens with zero attached hydrogens (tertiary/aromatic N) is 1. The van der Waals surface area contributed by atoms with Crippen LogP contribution in [0, 0.1) is 5.92 Å². The Kier molecular flexibility index (Phi) is 5.91. The lowest BCUT2D eigenvalue weighted by molar-refractivity contribution is -0.132. The van der Waals surface area contributed by atoms with Gasteiger partial charge in [-0.15, -0.1) is 0 Å². The fraction of sp³-hybridized carbons (Fsp3) is 0.550. The highest BCUT2D eigenvalue weighted by atomic mass is 16.2. The third-order valence-electron chi connectivity index (χ3n) is 5.43. The van der Waals surface area contributed by atoms with E-state index in [-0.39, 0.29) is 24.4 Å². The van der Waals surface area contributed by atoms with Gasteiger partial charge in [-0.25, -0.2) is 4.79 Å². The summed E-state index contributed by atoms with van der Waals surface area (Å²) in [6, 6.07) is 8.96. The molecule has 1 saturated heterocycles. The number of hydrogen-bond acceptors (Lipinski definition) is 3.